The van der Waals surface area contributed by atoms with Gasteiger partial charge in [0.15, 0.2) is 10.3 Å². The Morgan fingerprint density at radius 1 is 1.22 bits per heavy atom. The molecule has 0 saturated carbocycles. The third-order valence-electron chi connectivity index (χ3n) is 1.98. The van der Waals surface area contributed by atoms with Crippen molar-refractivity contribution in [2.24, 2.45) is 0 Å². The van der Waals surface area contributed by atoms with Crippen LogP contribution in [-0.4, -0.2) is 21.1 Å². The minimum atomic E-state index is -0.494. The smallest absolute Gasteiger partial charge is 0.259 e. The summed E-state index contributed by atoms with van der Waals surface area (Å²) >= 11 is 17.3. The number of carbonyl (C=O) groups is 1. The number of hydrogen-bond donors (Lipinski definition) is 1. The van der Waals surface area contributed by atoms with Crippen molar-refractivity contribution in [1.29, 1.82) is 0 Å². The summed E-state index contributed by atoms with van der Waals surface area (Å²) in [6, 6.07) is 2.87. The van der Waals surface area contributed by atoms with Gasteiger partial charge in [-0.05, 0) is 12.1 Å². The lowest BCUT2D eigenvalue weighted by atomic mass is 10.3. The molecule has 0 atom stereocenters. The lowest BCUT2D eigenvalue weighted by Crippen LogP contribution is -2.14. The molecule has 0 aliphatic heterocycles. The van der Waals surface area contributed by atoms with Gasteiger partial charge in [0.2, 0.25) is 0 Å². The second-order valence-electron chi connectivity index (χ2n) is 3.18. The van der Waals surface area contributed by atoms with Gasteiger partial charge in [0.1, 0.15) is 0 Å². The van der Waals surface area contributed by atoms with Gasteiger partial charge in [-0.1, -0.05) is 34.8 Å². The van der Waals surface area contributed by atoms with Gasteiger partial charge in [0.05, 0.1) is 22.5 Å². The van der Waals surface area contributed by atoms with Crippen molar-refractivity contribution in [3.8, 4) is 0 Å². The number of carbonyl (C=O) groups excluding carboxylic acids is 1. The first kappa shape index (κ1) is 13.0. The van der Waals surface area contributed by atoms with Crippen molar-refractivity contribution in [3.05, 3.63) is 45.4 Å². The molecule has 0 unspecified atom stereocenters. The van der Waals surface area contributed by atoms with Crippen LogP contribution in [0, 0.1) is 0 Å². The van der Waals surface area contributed by atoms with Crippen molar-refractivity contribution >= 4 is 46.4 Å². The molecular formula is C10H5Cl3N4O. The van der Waals surface area contributed by atoms with Gasteiger partial charge in [-0.3, -0.25) is 9.78 Å². The molecule has 5 nitrogen and oxygen atoms in total. The number of halogens is 3. The van der Waals surface area contributed by atoms with Crippen LogP contribution in [0.2, 0.25) is 15.3 Å². The van der Waals surface area contributed by atoms with Crippen molar-refractivity contribution in [2.75, 3.05) is 5.32 Å². The predicted molar refractivity (Wildman–Crippen MR) is 69.3 cm³/mol. The number of hydrogen-bond acceptors (Lipinski definition) is 4. The molecule has 2 heterocycles. The molecule has 18 heavy (non-hydrogen) atoms. The van der Waals surface area contributed by atoms with Crippen molar-refractivity contribution in [1.82, 2.24) is 15.2 Å². The molecule has 0 aliphatic carbocycles. The Hall–Kier alpha value is -1.43. The van der Waals surface area contributed by atoms with Gasteiger partial charge in [-0.15, -0.1) is 10.2 Å². The standard InChI is InChI=1S/C10H5Cl3N4O/c11-6-1-2-14-4-7(6)15-10(18)5-3-8(12)16-17-9(5)13/h1-4H,(H,15,18). The third kappa shape index (κ3) is 2.87. The van der Waals surface area contributed by atoms with Crippen LogP contribution < -0.4 is 5.32 Å². The van der Waals surface area contributed by atoms with E-state index in [1.807, 2.05) is 0 Å². The number of aromatic nitrogens is 3. The van der Waals surface area contributed by atoms with Crippen LogP contribution in [0.25, 0.3) is 0 Å². The van der Waals surface area contributed by atoms with Crippen molar-refractivity contribution < 1.29 is 4.79 Å². The molecule has 0 saturated heterocycles. The third-order valence-corrected chi connectivity index (χ3v) is 2.77. The highest BCUT2D eigenvalue weighted by Crippen LogP contribution is 2.22. The van der Waals surface area contributed by atoms with Crippen LogP contribution >= 0.6 is 34.8 Å². The molecule has 0 spiro atoms. The first-order valence-electron chi connectivity index (χ1n) is 4.67. The maximum atomic E-state index is 11.9. The number of amides is 1. The average molecular weight is 304 g/mol. The zero-order chi connectivity index (χ0) is 13.1. The lowest BCUT2D eigenvalue weighted by Gasteiger charge is -2.07. The SMILES string of the molecule is O=C(Nc1cnccc1Cl)c1cc(Cl)nnc1Cl. The Bertz CT molecular complexity index is 605. The monoisotopic (exact) mass is 302 g/mol. The largest absolute Gasteiger partial charge is 0.319 e. The second kappa shape index (κ2) is 5.48. The van der Waals surface area contributed by atoms with E-state index in [1.54, 1.807) is 6.07 Å². The van der Waals surface area contributed by atoms with E-state index in [0.717, 1.165) is 0 Å². The predicted octanol–water partition coefficient (Wildman–Crippen LogP) is 3.08. The molecule has 0 aromatic carbocycles. The highest BCUT2D eigenvalue weighted by molar-refractivity contribution is 6.36. The maximum absolute atomic E-state index is 11.9. The Balaban J connectivity index is 2.28. The lowest BCUT2D eigenvalue weighted by molar-refractivity contribution is 0.102. The average Bonchev–Trinajstić information content (AvgIpc) is 2.35. The number of rotatable bonds is 2. The molecule has 1 N–H and O–H groups in total. The van der Waals surface area contributed by atoms with E-state index in [0.29, 0.717) is 10.7 Å². The zero-order valence-corrected chi connectivity index (χ0v) is 11.0. The van der Waals surface area contributed by atoms with Crippen LogP contribution in [0.4, 0.5) is 5.69 Å². The minimum Gasteiger partial charge on any atom is -0.319 e. The van der Waals surface area contributed by atoms with Crippen molar-refractivity contribution in [2.45, 2.75) is 0 Å². The summed E-state index contributed by atoms with van der Waals surface area (Å²) in [5, 5.41) is 9.99. The Morgan fingerprint density at radius 2 is 2.00 bits per heavy atom. The molecule has 92 valence electrons. The summed E-state index contributed by atoms with van der Waals surface area (Å²) in [5.74, 6) is -0.494. The molecule has 0 bridgehead atoms. The van der Waals surface area contributed by atoms with Gasteiger partial charge in [0, 0.05) is 6.20 Å². The summed E-state index contributed by atoms with van der Waals surface area (Å²) in [7, 11) is 0. The summed E-state index contributed by atoms with van der Waals surface area (Å²) in [5.41, 5.74) is 0.477. The van der Waals surface area contributed by atoms with Crippen LogP contribution in [0.3, 0.4) is 0 Å². The summed E-state index contributed by atoms with van der Waals surface area (Å²) in [6.07, 6.45) is 2.93. The van der Waals surface area contributed by atoms with E-state index in [-0.39, 0.29) is 15.9 Å². The first-order valence-corrected chi connectivity index (χ1v) is 5.81. The van der Waals surface area contributed by atoms with Gasteiger partial charge >= 0.3 is 0 Å². The fourth-order valence-corrected chi connectivity index (χ4v) is 1.65. The van der Waals surface area contributed by atoms with E-state index in [2.05, 4.69) is 20.5 Å². The minimum absolute atomic E-state index is 0.0445. The normalized spacial score (nSPS) is 10.2. The highest BCUT2D eigenvalue weighted by atomic mass is 35.5. The fourth-order valence-electron chi connectivity index (χ4n) is 1.17. The topological polar surface area (TPSA) is 67.8 Å². The van der Waals surface area contributed by atoms with Gasteiger partial charge in [0.25, 0.3) is 5.91 Å². The Kier molecular flexibility index (Phi) is 3.96. The van der Waals surface area contributed by atoms with Gasteiger partial charge < -0.3 is 5.32 Å². The summed E-state index contributed by atoms with van der Waals surface area (Å²) < 4.78 is 0. The molecule has 8 heteroatoms. The molecule has 2 rings (SSSR count). The zero-order valence-electron chi connectivity index (χ0n) is 8.69. The van der Waals surface area contributed by atoms with Crippen molar-refractivity contribution in [3.63, 3.8) is 0 Å². The molecule has 1 amide bonds. The van der Waals surface area contributed by atoms with Gasteiger partial charge in [-0.25, -0.2) is 0 Å². The van der Waals surface area contributed by atoms with E-state index in [4.69, 9.17) is 34.8 Å². The van der Waals surface area contributed by atoms with E-state index >= 15 is 0 Å². The van der Waals surface area contributed by atoms with E-state index in [9.17, 15) is 4.79 Å². The molecule has 0 radical (unpaired) electrons. The van der Waals surface area contributed by atoms with E-state index < -0.39 is 5.91 Å². The first-order chi connectivity index (χ1) is 8.58. The fraction of sp³-hybridized carbons (Fsp3) is 0. The molecule has 0 fully saturated rings. The number of nitrogens with zero attached hydrogens (tertiary/aromatic N) is 3. The Labute approximate surface area is 117 Å². The second-order valence-corrected chi connectivity index (χ2v) is 4.33. The molecule has 2 aromatic rings. The molecule has 2 aromatic heterocycles. The quantitative estimate of drug-likeness (QED) is 0.925. The van der Waals surface area contributed by atoms with Crippen LogP contribution in [0.5, 0.6) is 0 Å². The molecular weight excluding hydrogens is 298 g/mol. The summed E-state index contributed by atoms with van der Waals surface area (Å²) in [6.45, 7) is 0. The van der Waals surface area contributed by atoms with Gasteiger partial charge in [-0.2, -0.15) is 0 Å². The molecule has 0 aliphatic rings. The number of anilines is 1. The van der Waals surface area contributed by atoms with Crippen LogP contribution in [-0.2, 0) is 0 Å². The van der Waals surface area contributed by atoms with Crippen LogP contribution in [0.1, 0.15) is 10.4 Å². The number of pyridine rings is 1. The summed E-state index contributed by atoms with van der Waals surface area (Å²) in [4.78, 5) is 15.8. The van der Waals surface area contributed by atoms with E-state index in [1.165, 1.54) is 18.5 Å². The Morgan fingerprint density at radius 3 is 2.72 bits per heavy atom. The highest BCUT2D eigenvalue weighted by Gasteiger charge is 2.14. The maximum Gasteiger partial charge on any atom is 0.259 e. The van der Waals surface area contributed by atoms with Crippen LogP contribution in [0.15, 0.2) is 24.5 Å². The number of nitrogens with one attached hydrogen (secondary N) is 1.